The third kappa shape index (κ3) is 3.26. The molecule has 0 amide bonds. The fourth-order valence-electron chi connectivity index (χ4n) is 2.68. The summed E-state index contributed by atoms with van der Waals surface area (Å²) in [5.74, 6) is 0.278. The molecule has 0 aliphatic carbocycles. The zero-order chi connectivity index (χ0) is 18.8. The first kappa shape index (κ1) is 16.8. The number of nitrogens with zero attached hydrogens (tertiary/aromatic N) is 5. The van der Waals surface area contributed by atoms with Crippen LogP contribution in [0.15, 0.2) is 54.7 Å². The maximum atomic E-state index is 9.43. The van der Waals surface area contributed by atoms with Gasteiger partial charge >= 0.3 is 0 Å². The van der Waals surface area contributed by atoms with Crippen LogP contribution in [0, 0.1) is 18.3 Å². The second kappa shape index (κ2) is 6.94. The SMILES string of the molecule is Cc1ccc(-c2cnc(N)c(-c3nnc(-c4ccccc4)s3)n2)c(C#N)c1. The van der Waals surface area contributed by atoms with E-state index in [0.717, 1.165) is 16.1 Å². The van der Waals surface area contributed by atoms with Gasteiger partial charge in [0.2, 0.25) is 0 Å². The van der Waals surface area contributed by atoms with Gasteiger partial charge in [-0.2, -0.15) is 5.26 Å². The summed E-state index contributed by atoms with van der Waals surface area (Å²) in [6.45, 7) is 1.94. The summed E-state index contributed by atoms with van der Waals surface area (Å²) in [7, 11) is 0. The molecule has 2 aromatic heterocycles. The van der Waals surface area contributed by atoms with Crippen molar-refractivity contribution in [3.05, 3.63) is 65.9 Å². The van der Waals surface area contributed by atoms with E-state index in [1.54, 1.807) is 6.20 Å². The molecule has 0 bridgehead atoms. The Morgan fingerprint density at radius 3 is 2.59 bits per heavy atom. The van der Waals surface area contributed by atoms with Crippen LogP contribution in [0.3, 0.4) is 0 Å². The van der Waals surface area contributed by atoms with E-state index in [0.29, 0.717) is 27.5 Å². The summed E-state index contributed by atoms with van der Waals surface area (Å²) in [6.07, 6.45) is 1.57. The Hall–Kier alpha value is -3.63. The zero-order valence-electron chi connectivity index (χ0n) is 14.4. The van der Waals surface area contributed by atoms with E-state index in [1.165, 1.54) is 11.3 Å². The largest absolute Gasteiger partial charge is 0.382 e. The Labute approximate surface area is 160 Å². The van der Waals surface area contributed by atoms with Gasteiger partial charge in [-0.05, 0) is 18.6 Å². The summed E-state index contributed by atoms with van der Waals surface area (Å²) >= 11 is 1.40. The van der Waals surface area contributed by atoms with E-state index in [2.05, 4.69) is 26.2 Å². The lowest BCUT2D eigenvalue weighted by Crippen LogP contribution is -1.99. The molecular formula is C20H14N6S. The summed E-state index contributed by atoms with van der Waals surface area (Å²) in [5.41, 5.74) is 10.3. The molecular weight excluding hydrogens is 356 g/mol. The molecule has 0 aliphatic rings. The number of hydrogen-bond donors (Lipinski definition) is 1. The van der Waals surface area contributed by atoms with Gasteiger partial charge in [0.15, 0.2) is 10.8 Å². The Bertz CT molecular complexity index is 1160. The van der Waals surface area contributed by atoms with Crippen LogP contribution in [0.2, 0.25) is 0 Å². The van der Waals surface area contributed by atoms with Gasteiger partial charge in [-0.1, -0.05) is 53.8 Å². The molecule has 0 unspecified atom stereocenters. The topological polar surface area (TPSA) is 101 Å². The van der Waals surface area contributed by atoms with Gasteiger partial charge in [0, 0.05) is 11.1 Å². The third-order valence-corrected chi connectivity index (χ3v) is 5.00. The smallest absolute Gasteiger partial charge is 0.170 e. The third-order valence-electron chi connectivity index (χ3n) is 4.02. The highest BCUT2D eigenvalue weighted by atomic mass is 32.1. The molecule has 0 saturated carbocycles. The number of nitrogens with two attached hydrogens (primary N) is 1. The molecule has 6 nitrogen and oxygen atoms in total. The van der Waals surface area contributed by atoms with E-state index in [1.807, 2.05) is 55.5 Å². The van der Waals surface area contributed by atoms with Gasteiger partial charge in [0.25, 0.3) is 0 Å². The average molecular weight is 370 g/mol. The predicted octanol–water partition coefficient (Wildman–Crippen LogP) is 4.09. The van der Waals surface area contributed by atoms with Crippen molar-refractivity contribution in [1.29, 1.82) is 5.26 Å². The van der Waals surface area contributed by atoms with E-state index in [9.17, 15) is 5.26 Å². The Morgan fingerprint density at radius 1 is 1.04 bits per heavy atom. The predicted molar refractivity (Wildman–Crippen MR) is 106 cm³/mol. The van der Waals surface area contributed by atoms with Gasteiger partial charge in [-0.3, -0.25) is 0 Å². The molecule has 0 saturated heterocycles. The lowest BCUT2D eigenvalue weighted by atomic mass is 10.0. The van der Waals surface area contributed by atoms with Crippen molar-refractivity contribution in [2.75, 3.05) is 5.73 Å². The minimum atomic E-state index is 0.278. The Kier molecular flexibility index (Phi) is 4.32. The van der Waals surface area contributed by atoms with Crippen LogP contribution in [0.5, 0.6) is 0 Å². The Morgan fingerprint density at radius 2 is 1.81 bits per heavy atom. The van der Waals surface area contributed by atoms with E-state index in [4.69, 9.17) is 5.73 Å². The van der Waals surface area contributed by atoms with E-state index in [-0.39, 0.29) is 5.82 Å². The van der Waals surface area contributed by atoms with Crippen LogP contribution >= 0.6 is 11.3 Å². The van der Waals surface area contributed by atoms with Crippen LogP contribution in [0.4, 0.5) is 5.82 Å². The number of benzene rings is 2. The summed E-state index contributed by atoms with van der Waals surface area (Å²) in [4.78, 5) is 8.88. The van der Waals surface area contributed by atoms with Crippen molar-refractivity contribution >= 4 is 17.2 Å². The lowest BCUT2D eigenvalue weighted by Gasteiger charge is -2.07. The number of nitriles is 1. The monoisotopic (exact) mass is 370 g/mol. The number of anilines is 1. The molecule has 130 valence electrons. The average Bonchev–Trinajstić information content (AvgIpc) is 3.19. The van der Waals surface area contributed by atoms with E-state index >= 15 is 0 Å². The summed E-state index contributed by atoms with van der Waals surface area (Å²) < 4.78 is 0. The van der Waals surface area contributed by atoms with Gasteiger partial charge < -0.3 is 5.73 Å². The van der Waals surface area contributed by atoms with Crippen molar-refractivity contribution in [3.8, 4) is 38.6 Å². The summed E-state index contributed by atoms with van der Waals surface area (Å²) in [6, 6.07) is 17.6. The van der Waals surface area contributed by atoms with Crippen molar-refractivity contribution < 1.29 is 0 Å². The maximum Gasteiger partial charge on any atom is 0.170 e. The lowest BCUT2D eigenvalue weighted by molar-refractivity contribution is 1.08. The first-order valence-corrected chi connectivity index (χ1v) is 9.00. The van der Waals surface area contributed by atoms with Crippen molar-refractivity contribution in [2.24, 2.45) is 0 Å². The molecule has 0 fully saturated rings. The van der Waals surface area contributed by atoms with Crippen LogP contribution in [-0.2, 0) is 0 Å². The van der Waals surface area contributed by atoms with Gasteiger partial charge in [-0.25, -0.2) is 9.97 Å². The van der Waals surface area contributed by atoms with Crippen molar-refractivity contribution in [3.63, 3.8) is 0 Å². The quantitative estimate of drug-likeness (QED) is 0.583. The van der Waals surface area contributed by atoms with Crippen LogP contribution in [0.25, 0.3) is 32.5 Å². The zero-order valence-corrected chi connectivity index (χ0v) is 15.2. The van der Waals surface area contributed by atoms with Crippen molar-refractivity contribution in [2.45, 2.75) is 6.92 Å². The molecule has 2 heterocycles. The molecule has 0 atom stereocenters. The molecule has 2 N–H and O–H groups in total. The highest BCUT2D eigenvalue weighted by Gasteiger charge is 2.16. The second-order valence-electron chi connectivity index (χ2n) is 5.93. The fraction of sp³-hybridized carbons (Fsp3) is 0.0500. The molecule has 0 spiro atoms. The number of aryl methyl sites for hydroxylation is 1. The number of rotatable bonds is 3. The molecule has 4 aromatic rings. The maximum absolute atomic E-state index is 9.43. The first-order valence-electron chi connectivity index (χ1n) is 8.18. The van der Waals surface area contributed by atoms with Crippen LogP contribution < -0.4 is 5.73 Å². The van der Waals surface area contributed by atoms with Crippen molar-refractivity contribution in [1.82, 2.24) is 20.2 Å². The molecule has 7 heteroatoms. The normalized spacial score (nSPS) is 10.5. The standard InChI is InChI=1S/C20H14N6S/c1-12-7-8-15(14(9-12)10-21)16-11-23-18(22)17(24-16)20-26-25-19(27-20)13-5-3-2-4-6-13/h2-9,11H,1H3,(H2,22,23). The highest BCUT2D eigenvalue weighted by Crippen LogP contribution is 2.32. The molecule has 0 aliphatic heterocycles. The number of aromatic nitrogens is 4. The van der Waals surface area contributed by atoms with Gasteiger partial charge in [0.05, 0.1) is 23.5 Å². The second-order valence-corrected chi connectivity index (χ2v) is 6.91. The van der Waals surface area contributed by atoms with Gasteiger partial charge in [-0.15, -0.1) is 10.2 Å². The highest BCUT2D eigenvalue weighted by molar-refractivity contribution is 7.17. The first-order chi connectivity index (χ1) is 13.2. The molecule has 27 heavy (non-hydrogen) atoms. The molecule has 2 aromatic carbocycles. The van der Waals surface area contributed by atoms with E-state index < -0.39 is 0 Å². The molecule has 0 radical (unpaired) electrons. The van der Waals surface area contributed by atoms with Crippen LogP contribution in [-0.4, -0.2) is 20.2 Å². The minimum Gasteiger partial charge on any atom is -0.382 e. The Balaban J connectivity index is 1.79. The van der Waals surface area contributed by atoms with Gasteiger partial charge in [0.1, 0.15) is 10.7 Å². The number of nitrogen functional groups attached to an aromatic ring is 1. The van der Waals surface area contributed by atoms with Crippen LogP contribution in [0.1, 0.15) is 11.1 Å². The summed E-state index contributed by atoms with van der Waals surface area (Å²) in [5, 5.41) is 19.3. The molecule has 4 rings (SSSR count). The fourth-order valence-corrected chi connectivity index (χ4v) is 3.52. The minimum absolute atomic E-state index is 0.278. The number of hydrogen-bond acceptors (Lipinski definition) is 7.